The van der Waals surface area contributed by atoms with Gasteiger partial charge in [-0.15, -0.1) is 0 Å². The highest BCUT2D eigenvalue weighted by molar-refractivity contribution is 9.10. The van der Waals surface area contributed by atoms with Gasteiger partial charge in [0, 0.05) is 15.7 Å². The molecule has 0 atom stereocenters. The van der Waals surface area contributed by atoms with Crippen LogP contribution in [0.25, 0.3) is 0 Å². The maximum Gasteiger partial charge on any atom is 0.273 e. The van der Waals surface area contributed by atoms with Gasteiger partial charge in [-0.1, -0.05) is 54.9 Å². The molecule has 2 aromatic carbocycles. The van der Waals surface area contributed by atoms with Crippen LogP contribution < -0.4 is 10.7 Å². The lowest BCUT2D eigenvalue weighted by atomic mass is 9.86. The zero-order valence-corrected chi connectivity index (χ0v) is 20.0. The SMILES string of the molecule is Cc1cccc(C=NNC(=O)c2cc(Br)ccc2NC(=O)c2ccc(C(C)(C)C)cc2)n1. The van der Waals surface area contributed by atoms with Gasteiger partial charge >= 0.3 is 0 Å². The van der Waals surface area contributed by atoms with Gasteiger partial charge in [-0.3, -0.25) is 14.6 Å². The van der Waals surface area contributed by atoms with E-state index in [1.54, 1.807) is 36.4 Å². The first-order valence-corrected chi connectivity index (χ1v) is 10.9. The molecule has 0 aliphatic carbocycles. The van der Waals surface area contributed by atoms with Gasteiger partial charge in [-0.05, 0) is 60.4 Å². The Balaban J connectivity index is 1.75. The summed E-state index contributed by atoms with van der Waals surface area (Å²) in [7, 11) is 0. The zero-order valence-electron chi connectivity index (χ0n) is 18.4. The predicted octanol–water partition coefficient (Wildman–Crippen LogP) is 5.47. The largest absolute Gasteiger partial charge is 0.321 e. The molecule has 2 amide bonds. The average Bonchev–Trinajstić information content (AvgIpc) is 2.74. The highest BCUT2D eigenvalue weighted by Gasteiger charge is 2.17. The molecule has 3 rings (SSSR count). The first kappa shape index (κ1) is 23.3. The van der Waals surface area contributed by atoms with Crippen molar-refractivity contribution in [2.24, 2.45) is 5.10 Å². The van der Waals surface area contributed by atoms with E-state index in [-0.39, 0.29) is 16.9 Å². The summed E-state index contributed by atoms with van der Waals surface area (Å²) in [5.41, 5.74) is 6.30. The van der Waals surface area contributed by atoms with Crippen molar-refractivity contribution < 1.29 is 9.59 Å². The van der Waals surface area contributed by atoms with Crippen LogP contribution in [0.2, 0.25) is 0 Å². The fourth-order valence-corrected chi connectivity index (χ4v) is 3.34. The molecular formula is C25H25BrN4O2. The van der Waals surface area contributed by atoms with Gasteiger partial charge in [-0.2, -0.15) is 5.10 Å². The summed E-state index contributed by atoms with van der Waals surface area (Å²) < 4.78 is 0.708. The Kier molecular flexibility index (Phi) is 7.20. The maximum absolute atomic E-state index is 12.8. The molecule has 0 bridgehead atoms. The van der Waals surface area contributed by atoms with Crippen molar-refractivity contribution in [1.82, 2.24) is 10.4 Å². The second-order valence-electron chi connectivity index (χ2n) is 8.37. The van der Waals surface area contributed by atoms with E-state index in [4.69, 9.17) is 0 Å². The molecule has 0 saturated carbocycles. The summed E-state index contributed by atoms with van der Waals surface area (Å²) in [6, 6.07) is 18.1. The number of carbonyl (C=O) groups is 2. The maximum atomic E-state index is 12.8. The number of carbonyl (C=O) groups excluding carboxylic acids is 2. The van der Waals surface area contributed by atoms with Crippen LogP contribution in [0.15, 0.2) is 70.2 Å². The summed E-state index contributed by atoms with van der Waals surface area (Å²) in [4.78, 5) is 29.8. The van der Waals surface area contributed by atoms with Crippen molar-refractivity contribution in [1.29, 1.82) is 0 Å². The number of nitrogens with one attached hydrogen (secondary N) is 2. The van der Waals surface area contributed by atoms with Crippen molar-refractivity contribution in [3.05, 3.63) is 93.2 Å². The molecular weight excluding hydrogens is 468 g/mol. The van der Waals surface area contributed by atoms with Gasteiger partial charge in [0.1, 0.15) is 0 Å². The molecule has 1 heterocycles. The van der Waals surface area contributed by atoms with Gasteiger partial charge in [0.05, 0.1) is 23.2 Å². The standard InChI is InChI=1S/C25H25BrN4O2/c1-16-6-5-7-20(28-16)15-27-30-24(32)21-14-19(26)12-13-22(21)29-23(31)17-8-10-18(11-9-17)25(2,3)4/h5-15H,1-4H3,(H,29,31)(H,30,32). The topological polar surface area (TPSA) is 83.5 Å². The third-order valence-electron chi connectivity index (χ3n) is 4.76. The Labute approximate surface area is 196 Å². The normalized spacial score (nSPS) is 11.4. The van der Waals surface area contributed by atoms with Crippen molar-refractivity contribution in [3.8, 4) is 0 Å². The number of halogens is 1. The lowest BCUT2D eigenvalue weighted by Crippen LogP contribution is -2.21. The molecule has 3 aromatic rings. The molecule has 0 radical (unpaired) electrons. The average molecular weight is 493 g/mol. The van der Waals surface area contributed by atoms with Crippen LogP contribution in [0, 0.1) is 6.92 Å². The summed E-state index contributed by atoms with van der Waals surface area (Å²) in [5.74, 6) is -0.747. The lowest BCUT2D eigenvalue weighted by Gasteiger charge is -2.19. The summed E-state index contributed by atoms with van der Waals surface area (Å²) in [6.07, 6.45) is 1.47. The van der Waals surface area contributed by atoms with Crippen LogP contribution in [-0.4, -0.2) is 23.0 Å². The van der Waals surface area contributed by atoms with Crippen LogP contribution in [0.3, 0.4) is 0 Å². The van der Waals surface area contributed by atoms with E-state index in [0.29, 0.717) is 21.4 Å². The molecule has 6 nitrogen and oxygen atoms in total. The van der Waals surface area contributed by atoms with Crippen LogP contribution in [0.4, 0.5) is 5.69 Å². The summed E-state index contributed by atoms with van der Waals surface area (Å²) in [6.45, 7) is 8.23. The van der Waals surface area contributed by atoms with Crippen molar-refractivity contribution in [3.63, 3.8) is 0 Å². The Morgan fingerprint density at radius 2 is 1.72 bits per heavy atom. The minimum Gasteiger partial charge on any atom is -0.321 e. The first-order valence-electron chi connectivity index (χ1n) is 10.1. The van der Waals surface area contributed by atoms with Crippen molar-refractivity contribution in [2.75, 3.05) is 5.32 Å². The number of rotatable bonds is 5. The minimum absolute atomic E-state index is 0.000452. The Bertz CT molecular complexity index is 1170. The number of pyridine rings is 1. The minimum atomic E-state index is -0.450. The molecule has 0 spiro atoms. The van der Waals surface area contributed by atoms with Gasteiger partial charge in [0.15, 0.2) is 0 Å². The molecule has 0 aliphatic heterocycles. The number of hydrogen-bond donors (Lipinski definition) is 2. The number of aromatic nitrogens is 1. The number of hydrazone groups is 1. The fraction of sp³-hybridized carbons (Fsp3) is 0.200. The Morgan fingerprint density at radius 3 is 2.38 bits per heavy atom. The second kappa shape index (κ2) is 9.87. The van der Waals surface area contributed by atoms with E-state index in [9.17, 15) is 9.59 Å². The smallest absolute Gasteiger partial charge is 0.273 e. The predicted molar refractivity (Wildman–Crippen MR) is 131 cm³/mol. The molecule has 2 N–H and O–H groups in total. The van der Waals surface area contributed by atoms with Crippen LogP contribution >= 0.6 is 15.9 Å². The van der Waals surface area contributed by atoms with E-state index in [2.05, 4.69) is 57.5 Å². The number of nitrogens with zero attached hydrogens (tertiary/aromatic N) is 2. The molecule has 7 heteroatoms. The molecule has 0 fully saturated rings. The Morgan fingerprint density at radius 1 is 1.00 bits per heavy atom. The Hall–Kier alpha value is -3.32. The number of aryl methyl sites for hydroxylation is 1. The third kappa shape index (κ3) is 6.11. The van der Waals surface area contributed by atoms with Gasteiger partial charge < -0.3 is 5.32 Å². The molecule has 1 aromatic heterocycles. The summed E-state index contributed by atoms with van der Waals surface area (Å²) >= 11 is 3.37. The first-order chi connectivity index (χ1) is 15.1. The molecule has 32 heavy (non-hydrogen) atoms. The quantitative estimate of drug-likeness (QED) is 0.366. The molecule has 0 saturated heterocycles. The molecule has 164 valence electrons. The van der Waals surface area contributed by atoms with E-state index in [1.165, 1.54) is 6.21 Å². The van der Waals surface area contributed by atoms with Gasteiger partial charge in [-0.25, -0.2) is 5.43 Å². The number of anilines is 1. The third-order valence-corrected chi connectivity index (χ3v) is 5.25. The fourth-order valence-electron chi connectivity index (χ4n) is 2.98. The van der Waals surface area contributed by atoms with Gasteiger partial charge in [0.2, 0.25) is 0 Å². The lowest BCUT2D eigenvalue weighted by molar-refractivity contribution is 0.0956. The zero-order chi connectivity index (χ0) is 23.3. The van der Waals surface area contributed by atoms with Gasteiger partial charge in [0.25, 0.3) is 11.8 Å². The number of hydrogen-bond acceptors (Lipinski definition) is 4. The monoisotopic (exact) mass is 492 g/mol. The van der Waals surface area contributed by atoms with Crippen molar-refractivity contribution in [2.45, 2.75) is 33.1 Å². The molecule has 0 unspecified atom stereocenters. The highest BCUT2D eigenvalue weighted by Crippen LogP contribution is 2.24. The molecule has 0 aliphatic rings. The van der Waals surface area contributed by atoms with Crippen LogP contribution in [0.1, 0.15) is 58.4 Å². The number of benzene rings is 2. The van der Waals surface area contributed by atoms with E-state index >= 15 is 0 Å². The van der Waals surface area contributed by atoms with E-state index in [1.807, 2.05) is 31.2 Å². The van der Waals surface area contributed by atoms with Crippen LogP contribution in [0.5, 0.6) is 0 Å². The highest BCUT2D eigenvalue weighted by atomic mass is 79.9. The second-order valence-corrected chi connectivity index (χ2v) is 9.29. The van der Waals surface area contributed by atoms with Crippen LogP contribution in [-0.2, 0) is 5.41 Å². The summed E-state index contributed by atoms with van der Waals surface area (Å²) in [5, 5.41) is 6.81. The van der Waals surface area contributed by atoms with Crippen molar-refractivity contribution >= 4 is 39.6 Å². The number of amides is 2. The van der Waals surface area contributed by atoms with E-state index in [0.717, 1.165) is 11.3 Å². The van der Waals surface area contributed by atoms with E-state index < -0.39 is 5.91 Å².